The van der Waals surface area contributed by atoms with Crippen molar-refractivity contribution in [2.45, 2.75) is 124 Å². The van der Waals surface area contributed by atoms with E-state index in [4.69, 9.17) is 9.47 Å². The van der Waals surface area contributed by atoms with Crippen LogP contribution in [0.1, 0.15) is 117 Å². The van der Waals surface area contributed by atoms with Gasteiger partial charge >= 0.3 is 0 Å². The summed E-state index contributed by atoms with van der Waals surface area (Å²) in [5, 5.41) is 0. The Kier molecular flexibility index (Phi) is 14.8. The number of amides is 2. The van der Waals surface area contributed by atoms with E-state index in [1.54, 1.807) is 0 Å². The highest BCUT2D eigenvalue weighted by atomic mass is 16.5. The number of aromatic nitrogens is 1. The fourth-order valence-corrected chi connectivity index (χ4v) is 4.81. The molecule has 0 unspecified atom stereocenters. The first kappa shape index (κ1) is 33.3. The van der Waals surface area contributed by atoms with E-state index in [0.29, 0.717) is 12.4 Å². The Balaban J connectivity index is 1.88. The molecular formula is C34H53N2O4+. The van der Waals surface area contributed by atoms with Crippen molar-refractivity contribution >= 4 is 11.8 Å². The molecule has 1 aromatic heterocycles. The van der Waals surface area contributed by atoms with Gasteiger partial charge in [-0.25, -0.2) is 4.57 Å². The van der Waals surface area contributed by atoms with Gasteiger partial charge in [0.05, 0.1) is 6.61 Å². The zero-order valence-electron chi connectivity index (χ0n) is 26.0. The number of benzene rings is 1. The van der Waals surface area contributed by atoms with E-state index in [1.165, 1.54) is 69.6 Å². The number of pyridine rings is 1. The first-order chi connectivity index (χ1) is 19.2. The van der Waals surface area contributed by atoms with Crippen LogP contribution in [0.25, 0.3) is 0 Å². The van der Waals surface area contributed by atoms with E-state index in [-0.39, 0.29) is 30.4 Å². The van der Waals surface area contributed by atoms with Crippen molar-refractivity contribution in [2.24, 2.45) is 0 Å². The van der Waals surface area contributed by atoms with Crippen molar-refractivity contribution in [1.29, 1.82) is 0 Å². The molecule has 0 aliphatic heterocycles. The summed E-state index contributed by atoms with van der Waals surface area (Å²) in [6, 6.07) is 11.5. The van der Waals surface area contributed by atoms with E-state index in [9.17, 15) is 9.59 Å². The number of carbonyl (C=O) groups excluding carboxylic acids is 2. The Morgan fingerprint density at radius 1 is 0.850 bits per heavy atom. The normalized spacial score (nSPS) is 11.3. The fourth-order valence-electron chi connectivity index (χ4n) is 4.81. The van der Waals surface area contributed by atoms with Gasteiger partial charge in [-0.05, 0) is 37.0 Å². The van der Waals surface area contributed by atoms with Gasteiger partial charge in [0.15, 0.2) is 12.8 Å². The van der Waals surface area contributed by atoms with Gasteiger partial charge in [0, 0.05) is 24.6 Å². The summed E-state index contributed by atoms with van der Waals surface area (Å²) >= 11 is 0. The van der Waals surface area contributed by atoms with Gasteiger partial charge < -0.3 is 9.47 Å². The number of aryl methyl sites for hydroxylation is 1. The van der Waals surface area contributed by atoms with Crippen molar-refractivity contribution in [1.82, 2.24) is 4.90 Å². The smallest absolute Gasteiger partial charge is 0.267 e. The predicted octanol–water partition coefficient (Wildman–Crippen LogP) is 7.55. The second kappa shape index (κ2) is 17.7. The standard InChI is InChI=1S/C34H53N2O4/c1-7-9-10-11-12-13-14-15-16-19-24-39-32-22-21-30(25-31(32)34(4,5)6)40-27-33(38)36(28(3)37)26-29-20-17-18-23-35(29)8-2/h17-18,20-23,25H,7-16,19,24,26-27H2,1-6H3/q+1. The lowest BCUT2D eigenvalue weighted by atomic mass is 9.86. The van der Waals surface area contributed by atoms with Crippen molar-refractivity contribution < 1.29 is 23.6 Å². The number of imide groups is 1. The summed E-state index contributed by atoms with van der Waals surface area (Å²) in [7, 11) is 0. The summed E-state index contributed by atoms with van der Waals surface area (Å²) in [5.74, 6) is 0.792. The topological polar surface area (TPSA) is 59.7 Å². The van der Waals surface area contributed by atoms with Crippen LogP contribution in [0.3, 0.4) is 0 Å². The van der Waals surface area contributed by atoms with E-state index in [2.05, 4.69) is 27.7 Å². The van der Waals surface area contributed by atoms with Crippen molar-refractivity contribution in [2.75, 3.05) is 13.2 Å². The lowest BCUT2D eigenvalue weighted by Gasteiger charge is -2.24. The predicted molar refractivity (Wildman–Crippen MR) is 162 cm³/mol. The van der Waals surface area contributed by atoms with Crippen LogP contribution < -0.4 is 14.0 Å². The third-order valence-electron chi connectivity index (χ3n) is 7.25. The Morgan fingerprint density at radius 2 is 1.50 bits per heavy atom. The van der Waals surface area contributed by atoms with Crippen LogP contribution in [-0.2, 0) is 28.1 Å². The highest BCUT2D eigenvalue weighted by Crippen LogP contribution is 2.34. The van der Waals surface area contributed by atoms with Crippen molar-refractivity contribution in [3.63, 3.8) is 0 Å². The summed E-state index contributed by atoms with van der Waals surface area (Å²) < 4.78 is 14.1. The zero-order chi connectivity index (χ0) is 29.4. The molecule has 0 saturated heterocycles. The lowest BCUT2D eigenvalue weighted by molar-refractivity contribution is -0.701. The van der Waals surface area contributed by atoms with E-state index >= 15 is 0 Å². The van der Waals surface area contributed by atoms with Gasteiger partial charge in [-0.2, -0.15) is 0 Å². The van der Waals surface area contributed by atoms with Gasteiger partial charge in [0.25, 0.3) is 5.91 Å². The molecule has 222 valence electrons. The van der Waals surface area contributed by atoms with E-state index in [1.807, 2.05) is 54.1 Å². The highest BCUT2D eigenvalue weighted by Gasteiger charge is 2.24. The molecule has 0 radical (unpaired) electrons. The molecule has 0 aliphatic carbocycles. The van der Waals surface area contributed by atoms with Crippen LogP contribution in [0, 0.1) is 0 Å². The molecule has 0 atom stereocenters. The Bertz CT molecular complexity index is 1040. The number of unbranched alkanes of at least 4 members (excludes halogenated alkanes) is 9. The number of rotatable bonds is 18. The average Bonchev–Trinajstić information content (AvgIpc) is 2.93. The minimum absolute atomic E-state index is 0.150. The van der Waals surface area contributed by atoms with E-state index < -0.39 is 0 Å². The first-order valence-electron chi connectivity index (χ1n) is 15.4. The molecule has 6 nitrogen and oxygen atoms in total. The van der Waals surface area contributed by atoms with Crippen LogP contribution in [0.2, 0.25) is 0 Å². The average molecular weight is 554 g/mol. The molecule has 0 saturated carbocycles. The van der Waals surface area contributed by atoms with Crippen LogP contribution in [0.4, 0.5) is 0 Å². The second-order valence-electron chi connectivity index (χ2n) is 11.7. The molecule has 0 N–H and O–H groups in total. The highest BCUT2D eigenvalue weighted by molar-refractivity contribution is 5.94. The minimum atomic E-state index is -0.363. The first-order valence-corrected chi connectivity index (χ1v) is 15.4. The molecule has 0 fully saturated rings. The number of ether oxygens (including phenoxy) is 2. The van der Waals surface area contributed by atoms with Gasteiger partial charge in [0.1, 0.15) is 24.6 Å². The number of hydrogen-bond acceptors (Lipinski definition) is 4. The van der Waals surface area contributed by atoms with Gasteiger partial charge in [0.2, 0.25) is 11.6 Å². The van der Waals surface area contributed by atoms with E-state index in [0.717, 1.165) is 30.0 Å². The van der Waals surface area contributed by atoms with Crippen LogP contribution in [0.15, 0.2) is 42.6 Å². The molecule has 1 aromatic carbocycles. The molecule has 6 heteroatoms. The minimum Gasteiger partial charge on any atom is -0.493 e. The molecule has 0 bridgehead atoms. The monoisotopic (exact) mass is 553 g/mol. The van der Waals surface area contributed by atoms with Gasteiger partial charge in [-0.3, -0.25) is 14.5 Å². The molecule has 2 amide bonds. The SMILES string of the molecule is CCCCCCCCCCCCOc1ccc(OCC(=O)N(Cc2cccc[n+]2CC)C(C)=O)cc1C(C)(C)C. The van der Waals surface area contributed by atoms with Crippen molar-refractivity contribution in [3.05, 3.63) is 53.9 Å². The molecule has 0 aliphatic rings. The largest absolute Gasteiger partial charge is 0.493 e. The molecule has 0 spiro atoms. The fraction of sp³-hybridized carbons (Fsp3) is 0.618. The van der Waals surface area contributed by atoms with Gasteiger partial charge in [-0.15, -0.1) is 0 Å². The Morgan fingerprint density at radius 3 is 2.10 bits per heavy atom. The Labute approximate surface area is 243 Å². The van der Waals surface area contributed by atoms with Crippen molar-refractivity contribution in [3.8, 4) is 11.5 Å². The Hall–Kier alpha value is -2.89. The third kappa shape index (κ3) is 11.7. The summed E-state index contributed by atoms with van der Waals surface area (Å²) in [6.07, 6.45) is 14.9. The lowest BCUT2D eigenvalue weighted by Crippen LogP contribution is -2.44. The number of hydrogen-bond donors (Lipinski definition) is 0. The molecule has 1 heterocycles. The maximum atomic E-state index is 13.0. The molecule has 2 rings (SSSR count). The van der Waals surface area contributed by atoms with Crippen LogP contribution in [0.5, 0.6) is 11.5 Å². The summed E-state index contributed by atoms with van der Waals surface area (Å²) in [4.78, 5) is 26.5. The maximum Gasteiger partial charge on any atom is 0.267 e. The molecular weight excluding hydrogens is 500 g/mol. The maximum absolute atomic E-state index is 13.0. The summed E-state index contributed by atoms with van der Waals surface area (Å²) in [6.45, 7) is 13.6. The molecule has 40 heavy (non-hydrogen) atoms. The zero-order valence-corrected chi connectivity index (χ0v) is 26.0. The number of nitrogens with zero attached hydrogens (tertiary/aromatic N) is 2. The number of carbonyl (C=O) groups is 2. The second-order valence-corrected chi connectivity index (χ2v) is 11.7. The quantitative estimate of drug-likeness (QED) is 0.141. The molecule has 2 aromatic rings. The van der Waals surface area contributed by atoms with Gasteiger partial charge in [-0.1, -0.05) is 91.5 Å². The van der Waals surface area contributed by atoms with Crippen LogP contribution >= 0.6 is 0 Å². The third-order valence-corrected chi connectivity index (χ3v) is 7.25. The summed E-state index contributed by atoms with van der Waals surface area (Å²) in [5.41, 5.74) is 1.79. The van der Waals surface area contributed by atoms with Crippen LogP contribution in [-0.4, -0.2) is 29.9 Å².